The highest BCUT2D eigenvalue weighted by Gasteiger charge is 2.46. The van der Waals surface area contributed by atoms with Crippen LogP contribution >= 0.6 is 0 Å². The van der Waals surface area contributed by atoms with Gasteiger partial charge >= 0.3 is 5.97 Å². The number of anilines is 1. The Morgan fingerprint density at radius 3 is 2.66 bits per heavy atom. The molecule has 8 nitrogen and oxygen atoms in total. The van der Waals surface area contributed by atoms with E-state index in [0.29, 0.717) is 35.5 Å². The van der Waals surface area contributed by atoms with Crippen molar-refractivity contribution in [3.63, 3.8) is 0 Å². The molecule has 1 aliphatic carbocycles. The standard InChI is InChI=1S/C37H42FN3O5Si/c1-8-37(44)26-15-30-33-24(17-41(30)34(42)25(26)19-45-35(37)43)32-28(13-12-23-20(2)27(38)16-29(40-33)31(23)32)39-22-11-9-10-21(14-22)18-46-47(6,7)36(3,4)5/h9-11,14-16,28,39,44H,8,12-13,17-19H2,1-7H3/t28-,37-/m0/s1. The van der Waals surface area contributed by atoms with Crippen molar-refractivity contribution >= 4 is 30.9 Å². The molecule has 0 spiro atoms. The minimum Gasteiger partial charge on any atom is -0.458 e. The molecule has 4 aromatic rings. The number of esters is 1. The lowest BCUT2D eigenvalue weighted by Crippen LogP contribution is -2.44. The van der Waals surface area contributed by atoms with E-state index >= 15 is 4.39 Å². The fourth-order valence-corrected chi connectivity index (χ4v) is 8.09. The number of cyclic esters (lactones) is 1. The van der Waals surface area contributed by atoms with Crippen LogP contribution in [0.3, 0.4) is 0 Å². The summed E-state index contributed by atoms with van der Waals surface area (Å²) in [7, 11) is -1.93. The highest BCUT2D eigenvalue weighted by molar-refractivity contribution is 6.74. The van der Waals surface area contributed by atoms with Crippen LogP contribution in [-0.2, 0) is 45.7 Å². The Balaban J connectivity index is 1.34. The number of benzene rings is 2. The van der Waals surface area contributed by atoms with Crippen molar-refractivity contribution in [1.29, 1.82) is 0 Å². The van der Waals surface area contributed by atoms with Crippen LogP contribution in [-0.4, -0.2) is 28.9 Å². The number of aryl methyl sites for hydroxylation is 1. The third kappa shape index (κ3) is 4.86. The van der Waals surface area contributed by atoms with Crippen LogP contribution in [0.25, 0.3) is 22.3 Å². The minimum atomic E-state index is -1.93. The van der Waals surface area contributed by atoms with Crippen molar-refractivity contribution in [3.05, 3.63) is 91.5 Å². The van der Waals surface area contributed by atoms with Gasteiger partial charge in [-0.15, -0.1) is 0 Å². The molecule has 0 radical (unpaired) electrons. The summed E-state index contributed by atoms with van der Waals surface area (Å²) < 4.78 is 28.7. The van der Waals surface area contributed by atoms with Crippen molar-refractivity contribution in [1.82, 2.24) is 9.55 Å². The molecule has 246 valence electrons. The van der Waals surface area contributed by atoms with Gasteiger partial charge in [-0.1, -0.05) is 39.8 Å². The third-order valence-electron chi connectivity index (χ3n) is 11.1. The van der Waals surface area contributed by atoms with Gasteiger partial charge in [0.2, 0.25) is 0 Å². The maximum absolute atomic E-state index is 15.3. The van der Waals surface area contributed by atoms with E-state index in [1.807, 2.05) is 13.0 Å². The van der Waals surface area contributed by atoms with Crippen molar-refractivity contribution in [2.45, 2.75) is 103 Å². The Labute approximate surface area is 275 Å². The fourth-order valence-electron chi connectivity index (χ4n) is 7.13. The quantitative estimate of drug-likeness (QED) is 0.148. The zero-order valence-electron chi connectivity index (χ0n) is 28.1. The normalized spacial score (nSPS) is 20.1. The number of nitrogens with one attached hydrogen (secondary N) is 1. The number of ether oxygens (including phenoxy) is 1. The van der Waals surface area contributed by atoms with Crippen molar-refractivity contribution in [3.8, 4) is 11.4 Å². The molecule has 2 N–H and O–H groups in total. The van der Waals surface area contributed by atoms with E-state index in [4.69, 9.17) is 14.1 Å². The number of fused-ring (bicyclic) bond motifs is 5. The largest absolute Gasteiger partial charge is 0.458 e. The molecule has 2 atom stereocenters. The lowest BCUT2D eigenvalue weighted by molar-refractivity contribution is -0.172. The van der Waals surface area contributed by atoms with E-state index in [1.54, 1.807) is 17.6 Å². The monoisotopic (exact) mass is 655 g/mol. The van der Waals surface area contributed by atoms with Crippen LogP contribution < -0.4 is 10.9 Å². The summed E-state index contributed by atoms with van der Waals surface area (Å²) in [5.74, 6) is -1.07. The molecule has 0 bridgehead atoms. The van der Waals surface area contributed by atoms with Gasteiger partial charge < -0.3 is 24.2 Å². The predicted octanol–water partition coefficient (Wildman–Crippen LogP) is 7.15. The van der Waals surface area contributed by atoms with Gasteiger partial charge in [0, 0.05) is 28.3 Å². The second kappa shape index (κ2) is 10.8. The van der Waals surface area contributed by atoms with E-state index in [-0.39, 0.29) is 53.2 Å². The highest BCUT2D eigenvalue weighted by atomic mass is 28.4. The van der Waals surface area contributed by atoms with Crippen LogP contribution in [0.1, 0.15) is 85.5 Å². The number of nitrogens with zero attached hydrogens (tertiary/aromatic N) is 2. The SMILES string of the molecule is CC[C@@]1(O)C(=O)OCc2c1cc1n(c2=O)Cc2c-1nc1cc(F)c(C)c3c1c2[C@@H](Nc1cccc(CO[Si](C)(C)C(C)(C)C)c1)CC3. The molecule has 47 heavy (non-hydrogen) atoms. The average molecular weight is 656 g/mol. The summed E-state index contributed by atoms with van der Waals surface area (Å²) >= 11 is 0. The van der Waals surface area contributed by atoms with Gasteiger partial charge in [-0.3, -0.25) is 4.79 Å². The average Bonchev–Trinajstić information content (AvgIpc) is 3.39. The lowest BCUT2D eigenvalue weighted by atomic mass is 9.81. The first-order valence-electron chi connectivity index (χ1n) is 16.5. The van der Waals surface area contributed by atoms with Crippen molar-refractivity contribution < 1.29 is 23.5 Å². The Bertz CT molecular complexity index is 2050. The molecule has 2 aromatic carbocycles. The number of pyridine rings is 2. The van der Waals surface area contributed by atoms with Gasteiger partial charge in [-0.2, -0.15) is 0 Å². The molecule has 2 aromatic heterocycles. The van der Waals surface area contributed by atoms with Gasteiger partial charge in [0.1, 0.15) is 12.4 Å². The highest BCUT2D eigenvalue weighted by Crippen LogP contribution is 2.47. The molecule has 7 rings (SSSR count). The molecular formula is C37H42FN3O5Si. The molecule has 0 fully saturated rings. The topological polar surface area (TPSA) is 103 Å². The van der Waals surface area contributed by atoms with Gasteiger partial charge in [0.05, 0.1) is 41.7 Å². The number of aromatic nitrogens is 2. The number of halogens is 1. The van der Waals surface area contributed by atoms with E-state index in [0.717, 1.165) is 39.7 Å². The van der Waals surface area contributed by atoms with E-state index in [9.17, 15) is 14.7 Å². The van der Waals surface area contributed by atoms with E-state index < -0.39 is 19.9 Å². The summed E-state index contributed by atoms with van der Waals surface area (Å²) in [6.45, 7) is 15.3. The molecule has 4 heterocycles. The maximum atomic E-state index is 15.3. The summed E-state index contributed by atoms with van der Waals surface area (Å²) in [5, 5.41) is 16.2. The molecular weight excluding hydrogens is 614 g/mol. The Morgan fingerprint density at radius 2 is 1.94 bits per heavy atom. The van der Waals surface area contributed by atoms with Gasteiger partial charge in [-0.25, -0.2) is 14.2 Å². The number of rotatable bonds is 6. The van der Waals surface area contributed by atoms with Crippen LogP contribution in [0.15, 0.2) is 41.2 Å². The van der Waals surface area contributed by atoms with Crippen LogP contribution in [0.5, 0.6) is 0 Å². The number of carbonyl (C=O) groups is 1. The zero-order valence-corrected chi connectivity index (χ0v) is 29.1. The van der Waals surface area contributed by atoms with E-state index in [1.165, 1.54) is 6.07 Å². The van der Waals surface area contributed by atoms with Crippen LogP contribution in [0.2, 0.25) is 18.1 Å². The fraction of sp³-hybridized carbons (Fsp3) is 0.432. The van der Waals surface area contributed by atoms with Gasteiger partial charge in [0.15, 0.2) is 13.9 Å². The first kappa shape index (κ1) is 31.7. The van der Waals surface area contributed by atoms with Crippen LogP contribution in [0.4, 0.5) is 10.1 Å². The molecule has 3 aliphatic rings. The van der Waals surface area contributed by atoms with Gasteiger partial charge in [0.25, 0.3) is 5.56 Å². The van der Waals surface area contributed by atoms with Crippen LogP contribution in [0, 0.1) is 12.7 Å². The lowest BCUT2D eigenvalue weighted by Gasteiger charge is -2.36. The molecule has 0 saturated carbocycles. The second-order valence-corrected chi connectivity index (χ2v) is 19.6. The van der Waals surface area contributed by atoms with E-state index in [2.05, 4.69) is 57.4 Å². The Kier molecular flexibility index (Phi) is 7.31. The smallest absolute Gasteiger partial charge is 0.343 e. The minimum absolute atomic E-state index is 0.0603. The Hall–Kier alpha value is -3.86. The summed E-state index contributed by atoms with van der Waals surface area (Å²) in [4.78, 5) is 31.6. The molecule has 2 aliphatic heterocycles. The third-order valence-corrected chi connectivity index (χ3v) is 15.5. The first-order valence-corrected chi connectivity index (χ1v) is 19.4. The maximum Gasteiger partial charge on any atom is 0.343 e. The summed E-state index contributed by atoms with van der Waals surface area (Å²) in [6.07, 6.45) is 1.47. The first-order chi connectivity index (χ1) is 22.1. The molecule has 0 saturated heterocycles. The van der Waals surface area contributed by atoms with Gasteiger partial charge in [-0.05, 0) is 84.8 Å². The number of hydrogen-bond donors (Lipinski definition) is 2. The number of aliphatic hydroxyl groups is 1. The van der Waals surface area contributed by atoms with Crippen molar-refractivity contribution in [2.24, 2.45) is 0 Å². The zero-order chi connectivity index (χ0) is 33.6. The van der Waals surface area contributed by atoms with Crippen molar-refractivity contribution in [2.75, 3.05) is 5.32 Å². The predicted molar refractivity (Wildman–Crippen MR) is 182 cm³/mol. The second-order valence-electron chi connectivity index (χ2n) is 14.8. The Morgan fingerprint density at radius 1 is 1.17 bits per heavy atom. The number of hydrogen-bond acceptors (Lipinski definition) is 7. The molecule has 10 heteroatoms. The number of carbonyl (C=O) groups excluding carboxylic acids is 1. The summed E-state index contributed by atoms with van der Waals surface area (Å²) in [6, 6.07) is 11.4. The summed E-state index contributed by atoms with van der Waals surface area (Å²) in [5.41, 5.74) is 5.44. The molecule has 0 unspecified atom stereocenters. The molecule has 0 amide bonds.